The summed E-state index contributed by atoms with van der Waals surface area (Å²) in [6.07, 6.45) is 1.52. The Morgan fingerprint density at radius 3 is 2.73 bits per heavy atom. The third kappa shape index (κ3) is 4.48. The van der Waals surface area contributed by atoms with Crippen LogP contribution in [0.2, 0.25) is 0 Å². The van der Waals surface area contributed by atoms with Gasteiger partial charge in [-0.1, -0.05) is 44.2 Å². The van der Waals surface area contributed by atoms with Crippen molar-refractivity contribution in [3.05, 3.63) is 35.9 Å². The molecule has 1 atom stereocenters. The van der Waals surface area contributed by atoms with Gasteiger partial charge in [0.15, 0.2) is 0 Å². The van der Waals surface area contributed by atoms with E-state index in [-0.39, 0.29) is 25.1 Å². The van der Waals surface area contributed by atoms with E-state index in [1.165, 1.54) is 0 Å². The summed E-state index contributed by atoms with van der Waals surface area (Å²) in [5.74, 6) is 0.407. The van der Waals surface area contributed by atoms with Gasteiger partial charge in [-0.25, -0.2) is 4.79 Å². The van der Waals surface area contributed by atoms with Crippen LogP contribution in [0.4, 0.5) is 4.79 Å². The number of amides is 2. The molecular weight excluding hydrogens is 280 g/mol. The Bertz CT molecular complexity index is 502. The Labute approximate surface area is 131 Å². The maximum absolute atomic E-state index is 12.2. The lowest BCUT2D eigenvalue weighted by atomic mass is 10.0. The summed E-state index contributed by atoms with van der Waals surface area (Å²) in [6, 6.07) is 9.74. The van der Waals surface area contributed by atoms with E-state index in [2.05, 4.69) is 19.2 Å². The molecule has 22 heavy (non-hydrogen) atoms. The second kappa shape index (κ2) is 7.82. The lowest BCUT2D eigenvalue weighted by Crippen LogP contribution is -2.44. The molecule has 1 fully saturated rings. The zero-order chi connectivity index (χ0) is 15.9. The molecule has 2 amide bonds. The van der Waals surface area contributed by atoms with Crippen molar-refractivity contribution in [2.24, 2.45) is 5.92 Å². The number of nitrogens with zero attached hydrogens (tertiary/aromatic N) is 1. The Balaban J connectivity index is 1.73. The van der Waals surface area contributed by atoms with Gasteiger partial charge in [0.1, 0.15) is 13.2 Å². The number of carbonyl (C=O) groups is 2. The van der Waals surface area contributed by atoms with Crippen LogP contribution >= 0.6 is 0 Å². The molecule has 2 rings (SSSR count). The van der Waals surface area contributed by atoms with Gasteiger partial charge in [0.2, 0.25) is 5.91 Å². The zero-order valence-corrected chi connectivity index (χ0v) is 13.2. The third-order valence-electron chi connectivity index (χ3n) is 3.99. The number of hydrogen-bond acceptors (Lipinski definition) is 3. The van der Waals surface area contributed by atoms with Gasteiger partial charge >= 0.3 is 6.09 Å². The van der Waals surface area contributed by atoms with Gasteiger partial charge < -0.3 is 15.0 Å². The first-order chi connectivity index (χ1) is 10.6. The molecule has 1 heterocycles. The molecule has 1 aromatic rings. The molecule has 5 nitrogen and oxygen atoms in total. The Hall–Kier alpha value is -2.04. The van der Waals surface area contributed by atoms with Gasteiger partial charge in [0.05, 0.1) is 0 Å². The minimum absolute atomic E-state index is 0.00313. The molecule has 1 aliphatic heterocycles. The molecule has 0 radical (unpaired) electrons. The minimum Gasteiger partial charge on any atom is -0.445 e. The molecule has 0 saturated carbocycles. The lowest BCUT2D eigenvalue weighted by Gasteiger charge is -2.27. The molecule has 1 saturated heterocycles. The van der Waals surface area contributed by atoms with Crippen molar-refractivity contribution in [2.45, 2.75) is 39.3 Å². The second-order valence-electron chi connectivity index (χ2n) is 5.96. The molecule has 5 heteroatoms. The van der Waals surface area contributed by atoms with E-state index in [4.69, 9.17) is 4.74 Å². The Morgan fingerprint density at radius 2 is 2.05 bits per heavy atom. The van der Waals surface area contributed by atoms with Crippen molar-refractivity contribution in [1.29, 1.82) is 0 Å². The number of hydrogen-bond donors (Lipinski definition) is 1. The number of alkyl carbamates (subject to hydrolysis) is 1. The maximum Gasteiger partial charge on any atom is 0.407 e. The van der Waals surface area contributed by atoms with E-state index < -0.39 is 6.09 Å². The van der Waals surface area contributed by atoms with Crippen molar-refractivity contribution < 1.29 is 14.3 Å². The summed E-state index contributed by atoms with van der Waals surface area (Å²) in [5, 5.41) is 2.54. The highest BCUT2D eigenvalue weighted by Gasteiger charge is 2.30. The monoisotopic (exact) mass is 304 g/mol. The molecule has 1 N–H and O–H groups in total. The van der Waals surface area contributed by atoms with Crippen LogP contribution in [0.1, 0.15) is 32.3 Å². The summed E-state index contributed by atoms with van der Waals surface area (Å²) in [6.45, 7) is 5.23. The average Bonchev–Trinajstić information content (AvgIpc) is 3.01. The smallest absolute Gasteiger partial charge is 0.407 e. The highest BCUT2D eigenvalue weighted by Crippen LogP contribution is 2.23. The fourth-order valence-corrected chi connectivity index (χ4v) is 2.82. The summed E-state index contributed by atoms with van der Waals surface area (Å²) in [7, 11) is 0. The molecule has 0 aliphatic carbocycles. The van der Waals surface area contributed by atoms with Crippen LogP contribution in [0.25, 0.3) is 0 Å². The van der Waals surface area contributed by atoms with Crippen molar-refractivity contribution in [2.75, 3.05) is 13.1 Å². The molecule has 1 aromatic carbocycles. The van der Waals surface area contributed by atoms with Crippen LogP contribution in [-0.4, -0.2) is 36.0 Å². The first-order valence-electron chi connectivity index (χ1n) is 7.82. The second-order valence-corrected chi connectivity index (χ2v) is 5.96. The van der Waals surface area contributed by atoms with Crippen LogP contribution in [0.3, 0.4) is 0 Å². The number of nitrogens with one attached hydrogen (secondary N) is 1. The quantitative estimate of drug-likeness (QED) is 0.909. The summed E-state index contributed by atoms with van der Waals surface area (Å²) < 4.78 is 5.09. The van der Waals surface area contributed by atoms with E-state index in [9.17, 15) is 9.59 Å². The number of benzene rings is 1. The number of rotatable bonds is 5. The summed E-state index contributed by atoms with van der Waals surface area (Å²) in [4.78, 5) is 25.7. The normalized spacial score (nSPS) is 17.6. The predicted molar refractivity (Wildman–Crippen MR) is 84.2 cm³/mol. The lowest BCUT2D eigenvalue weighted by molar-refractivity contribution is -0.131. The van der Waals surface area contributed by atoms with Crippen LogP contribution in [0.5, 0.6) is 0 Å². The first kappa shape index (κ1) is 16.3. The largest absolute Gasteiger partial charge is 0.445 e. The molecule has 0 bridgehead atoms. The van der Waals surface area contributed by atoms with Crippen LogP contribution in [-0.2, 0) is 16.1 Å². The fraction of sp³-hybridized carbons (Fsp3) is 0.529. The Morgan fingerprint density at radius 1 is 1.32 bits per heavy atom. The highest BCUT2D eigenvalue weighted by molar-refractivity contribution is 5.82. The average molecular weight is 304 g/mol. The molecule has 120 valence electrons. The molecular formula is C17H24N2O3. The minimum atomic E-state index is -0.558. The van der Waals surface area contributed by atoms with Crippen LogP contribution in [0.15, 0.2) is 30.3 Å². The van der Waals surface area contributed by atoms with Gasteiger partial charge in [0, 0.05) is 12.6 Å². The Kier molecular flexibility index (Phi) is 5.81. The van der Waals surface area contributed by atoms with Crippen molar-refractivity contribution in [3.63, 3.8) is 0 Å². The van der Waals surface area contributed by atoms with Crippen molar-refractivity contribution in [1.82, 2.24) is 10.2 Å². The summed E-state index contributed by atoms with van der Waals surface area (Å²) >= 11 is 0. The molecule has 0 spiro atoms. The van der Waals surface area contributed by atoms with Crippen molar-refractivity contribution in [3.8, 4) is 0 Å². The standard InChI is InChI=1S/C17H24N2O3/c1-13(2)15-9-6-10-19(15)16(20)11-18-17(21)22-12-14-7-4-3-5-8-14/h3-5,7-8,13,15H,6,9-12H2,1-2H3,(H,18,21)/t15-/m0/s1. The zero-order valence-electron chi connectivity index (χ0n) is 13.2. The van der Waals surface area contributed by atoms with E-state index >= 15 is 0 Å². The van der Waals surface area contributed by atoms with Crippen LogP contribution < -0.4 is 5.32 Å². The SMILES string of the molecule is CC(C)[C@@H]1CCCN1C(=O)CNC(=O)OCc1ccccc1. The molecule has 0 unspecified atom stereocenters. The van der Waals surface area contributed by atoms with E-state index in [0.717, 1.165) is 24.9 Å². The van der Waals surface area contributed by atoms with Gasteiger partial charge in [-0.15, -0.1) is 0 Å². The fourth-order valence-electron chi connectivity index (χ4n) is 2.82. The number of carbonyl (C=O) groups excluding carboxylic acids is 2. The van der Waals surface area contributed by atoms with Gasteiger partial charge in [-0.2, -0.15) is 0 Å². The molecule has 1 aliphatic rings. The third-order valence-corrected chi connectivity index (χ3v) is 3.99. The van der Waals surface area contributed by atoms with Crippen molar-refractivity contribution >= 4 is 12.0 Å². The van der Waals surface area contributed by atoms with Crippen LogP contribution in [0, 0.1) is 5.92 Å². The number of ether oxygens (including phenoxy) is 1. The topological polar surface area (TPSA) is 58.6 Å². The predicted octanol–water partition coefficient (Wildman–Crippen LogP) is 2.56. The van der Waals surface area contributed by atoms with Gasteiger partial charge in [0.25, 0.3) is 0 Å². The first-order valence-corrected chi connectivity index (χ1v) is 7.82. The van der Waals surface area contributed by atoms with E-state index in [1.807, 2.05) is 35.2 Å². The maximum atomic E-state index is 12.2. The number of likely N-dealkylation sites (tertiary alicyclic amines) is 1. The van der Waals surface area contributed by atoms with E-state index in [1.54, 1.807) is 0 Å². The molecule has 0 aromatic heterocycles. The van der Waals surface area contributed by atoms with Gasteiger partial charge in [-0.05, 0) is 24.3 Å². The summed E-state index contributed by atoms with van der Waals surface area (Å²) in [5.41, 5.74) is 0.920. The highest BCUT2D eigenvalue weighted by atomic mass is 16.5. The van der Waals surface area contributed by atoms with Gasteiger partial charge in [-0.3, -0.25) is 4.79 Å². The van der Waals surface area contributed by atoms with E-state index in [0.29, 0.717) is 5.92 Å².